The lowest BCUT2D eigenvalue weighted by Gasteiger charge is -2.44. The average Bonchev–Trinajstić information content (AvgIpc) is 3.08. The number of hydrogen-bond donors (Lipinski definition) is 2. The molecule has 238 valence electrons. The number of anilines is 1. The highest BCUT2D eigenvalue weighted by Gasteiger charge is 2.39. The van der Waals surface area contributed by atoms with Gasteiger partial charge in [0.05, 0.1) is 23.7 Å². The van der Waals surface area contributed by atoms with Crippen molar-refractivity contribution in [3.8, 4) is 0 Å². The number of piperazine rings is 1. The summed E-state index contributed by atoms with van der Waals surface area (Å²) in [6, 6.07) is 22.4. The first kappa shape index (κ1) is 32.1. The number of ether oxygens (including phenoxy) is 3. The molecule has 0 bridgehead atoms. The van der Waals surface area contributed by atoms with Crippen molar-refractivity contribution in [2.45, 2.75) is 38.6 Å². The number of benzene rings is 3. The molecule has 45 heavy (non-hydrogen) atoms. The summed E-state index contributed by atoms with van der Waals surface area (Å²) in [4.78, 5) is 27.1. The van der Waals surface area contributed by atoms with Crippen molar-refractivity contribution >= 4 is 17.5 Å². The van der Waals surface area contributed by atoms with Gasteiger partial charge in [0.25, 0.3) is 5.69 Å². The van der Waals surface area contributed by atoms with Crippen molar-refractivity contribution in [3.05, 3.63) is 118 Å². The summed E-state index contributed by atoms with van der Waals surface area (Å²) in [6.45, 7) is 10.2. The Morgan fingerprint density at radius 1 is 1.00 bits per heavy atom. The van der Waals surface area contributed by atoms with E-state index in [1.807, 2.05) is 60.7 Å². The maximum atomic E-state index is 11.8. The Balaban J connectivity index is 1.26. The molecule has 2 aliphatic heterocycles. The number of hydrogen-bond acceptors (Lipinski definition) is 9. The molecule has 0 saturated carbocycles. The summed E-state index contributed by atoms with van der Waals surface area (Å²) in [5.41, 5.74) is 4.74. The third-order valence-electron chi connectivity index (χ3n) is 8.38. The Hall–Kier alpha value is -4.29. The maximum Gasteiger partial charge on any atom is 0.407 e. The van der Waals surface area contributed by atoms with Crippen LogP contribution in [0.4, 0.5) is 16.2 Å². The molecule has 0 aliphatic carbocycles. The molecule has 2 saturated heterocycles. The van der Waals surface area contributed by atoms with Crippen molar-refractivity contribution in [2.24, 2.45) is 5.92 Å². The third-order valence-corrected chi connectivity index (χ3v) is 8.38. The van der Waals surface area contributed by atoms with Crippen LogP contribution in [0.15, 0.2) is 85.5 Å². The molecule has 3 aromatic carbocycles. The fraction of sp³-hybridized carbons (Fsp3) is 0.382. The SMILES string of the molecule is C=CCOC(=O)NCc1ccc(C2OC(CN3CCN(c4ccc([N+](=O)[O-])cc4)CC3)C(C)C(c3ccc(CO)cc3)O2)cc1. The van der Waals surface area contributed by atoms with Gasteiger partial charge in [-0.15, -0.1) is 0 Å². The molecule has 11 heteroatoms. The van der Waals surface area contributed by atoms with Crippen LogP contribution < -0.4 is 10.2 Å². The highest BCUT2D eigenvalue weighted by Crippen LogP contribution is 2.42. The number of nitro groups is 1. The molecule has 2 N–H and O–H groups in total. The van der Waals surface area contributed by atoms with Gasteiger partial charge >= 0.3 is 6.09 Å². The van der Waals surface area contributed by atoms with Crippen LogP contribution in [0, 0.1) is 16.0 Å². The van der Waals surface area contributed by atoms with E-state index in [1.165, 1.54) is 6.08 Å². The number of non-ortho nitro benzene ring substituents is 1. The number of rotatable bonds is 11. The number of aliphatic hydroxyl groups is 1. The van der Waals surface area contributed by atoms with E-state index in [4.69, 9.17) is 14.2 Å². The zero-order valence-corrected chi connectivity index (χ0v) is 25.4. The van der Waals surface area contributed by atoms with Crippen LogP contribution in [0.3, 0.4) is 0 Å². The van der Waals surface area contributed by atoms with Crippen LogP contribution in [-0.4, -0.2) is 66.5 Å². The number of carbonyl (C=O) groups is 1. The number of nitro benzene ring substituents is 1. The van der Waals surface area contributed by atoms with Gasteiger partial charge in [-0.25, -0.2) is 4.79 Å². The minimum Gasteiger partial charge on any atom is -0.445 e. The van der Waals surface area contributed by atoms with Gasteiger partial charge in [0.15, 0.2) is 6.29 Å². The molecule has 4 atom stereocenters. The van der Waals surface area contributed by atoms with Crippen molar-refractivity contribution in [3.63, 3.8) is 0 Å². The first-order valence-electron chi connectivity index (χ1n) is 15.2. The average molecular weight is 617 g/mol. The fourth-order valence-corrected chi connectivity index (χ4v) is 5.71. The Kier molecular flexibility index (Phi) is 10.8. The zero-order chi connectivity index (χ0) is 31.8. The highest BCUT2D eigenvalue weighted by atomic mass is 16.7. The van der Waals surface area contributed by atoms with Crippen molar-refractivity contribution in [1.29, 1.82) is 0 Å². The number of nitrogens with zero attached hydrogens (tertiary/aromatic N) is 3. The van der Waals surface area contributed by atoms with E-state index in [0.29, 0.717) is 6.54 Å². The first-order chi connectivity index (χ1) is 21.8. The van der Waals surface area contributed by atoms with Crippen LogP contribution in [0.2, 0.25) is 0 Å². The van der Waals surface area contributed by atoms with E-state index in [1.54, 1.807) is 12.1 Å². The molecule has 0 aromatic heterocycles. The molecule has 3 aromatic rings. The van der Waals surface area contributed by atoms with Crippen LogP contribution >= 0.6 is 0 Å². The summed E-state index contributed by atoms with van der Waals surface area (Å²) in [7, 11) is 0. The first-order valence-corrected chi connectivity index (χ1v) is 15.2. The van der Waals surface area contributed by atoms with E-state index >= 15 is 0 Å². The molecule has 0 radical (unpaired) electrons. The second kappa shape index (κ2) is 15.1. The van der Waals surface area contributed by atoms with E-state index < -0.39 is 12.4 Å². The molecular formula is C34H40N4O7. The molecule has 2 aliphatic rings. The van der Waals surface area contributed by atoms with Gasteiger partial charge in [-0.3, -0.25) is 15.0 Å². The van der Waals surface area contributed by atoms with E-state index in [9.17, 15) is 20.0 Å². The van der Waals surface area contributed by atoms with Crippen LogP contribution in [-0.2, 0) is 27.4 Å². The summed E-state index contributed by atoms with van der Waals surface area (Å²) >= 11 is 0. The predicted molar refractivity (Wildman–Crippen MR) is 170 cm³/mol. The quantitative estimate of drug-likeness (QED) is 0.172. The summed E-state index contributed by atoms with van der Waals surface area (Å²) in [6.07, 6.45) is 0.0954. The minimum atomic E-state index is -0.588. The number of alkyl carbamates (subject to hydrolysis) is 1. The number of carbonyl (C=O) groups excluding carboxylic acids is 1. The third kappa shape index (κ3) is 8.25. The van der Waals surface area contributed by atoms with Gasteiger partial charge in [0, 0.05) is 68.6 Å². The Morgan fingerprint density at radius 3 is 2.27 bits per heavy atom. The van der Waals surface area contributed by atoms with Crippen molar-refractivity contribution in [1.82, 2.24) is 10.2 Å². The topological polar surface area (TPSA) is 127 Å². The monoisotopic (exact) mass is 616 g/mol. The normalized spacial score (nSPS) is 22.0. The molecule has 4 unspecified atom stereocenters. The van der Waals surface area contributed by atoms with E-state index in [2.05, 4.69) is 28.6 Å². The number of nitrogens with one attached hydrogen (secondary N) is 1. The second-order valence-electron chi connectivity index (χ2n) is 11.4. The summed E-state index contributed by atoms with van der Waals surface area (Å²) < 4.78 is 18.2. The number of aliphatic hydroxyl groups excluding tert-OH is 1. The Bertz CT molecular complexity index is 1420. The van der Waals surface area contributed by atoms with E-state index in [0.717, 1.165) is 60.7 Å². The molecule has 1 amide bonds. The summed E-state index contributed by atoms with van der Waals surface area (Å²) in [5, 5.41) is 23.3. The van der Waals surface area contributed by atoms with Gasteiger partial charge in [0.2, 0.25) is 0 Å². The predicted octanol–water partition coefficient (Wildman–Crippen LogP) is 5.11. The zero-order valence-electron chi connectivity index (χ0n) is 25.4. The van der Waals surface area contributed by atoms with Crippen molar-refractivity contribution in [2.75, 3.05) is 44.2 Å². The minimum absolute atomic E-state index is 0.0191. The fourth-order valence-electron chi connectivity index (χ4n) is 5.71. The number of amides is 1. The molecule has 5 rings (SSSR count). The molecular weight excluding hydrogens is 576 g/mol. The molecule has 2 heterocycles. The smallest absolute Gasteiger partial charge is 0.407 e. The van der Waals surface area contributed by atoms with Gasteiger partial charge in [-0.2, -0.15) is 0 Å². The largest absolute Gasteiger partial charge is 0.445 e. The molecule has 11 nitrogen and oxygen atoms in total. The molecule has 2 fully saturated rings. The highest BCUT2D eigenvalue weighted by molar-refractivity contribution is 5.67. The lowest BCUT2D eigenvalue weighted by molar-refractivity contribution is -0.384. The Morgan fingerprint density at radius 2 is 1.64 bits per heavy atom. The van der Waals surface area contributed by atoms with Gasteiger partial charge in [0.1, 0.15) is 6.61 Å². The summed E-state index contributed by atoms with van der Waals surface area (Å²) in [5.74, 6) is 0.0546. The van der Waals surface area contributed by atoms with Gasteiger partial charge < -0.3 is 29.5 Å². The Labute approximate surface area is 263 Å². The maximum absolute atomic E-state index is 11.8. The lowest BCUT2D eigenvalue weighted by Crippen LogP contribution is -2.51. The van der Waals surface area contributed by atoms with Crippen LogP contribution in [0.1, 0.15) is 41.6 Å². The van der Waals surface area contributed by atoms with Gasteiger partial charge in [-0.05, 0) is 28.8 Å². The van der Waals surface area contributed by atoms with Crippen molar-refractivity contribution < 1.29 is 29.0 Å². The van der Waals surface area contributed by atoms with Crippen LogP contribution in [0.25, 0.3) is 0 Å². The standard InChI is InChI=1S/C34H40N4O7/c1-3-20-43-34(40)35-21-25-4-10-28(11-5-25)33-44-31(24(2)32(45-33)27-8-6-26(23-39)7-9-27)22-36-16-18-37(19-17-36)29-12-14-30(15-13-29)38(41)42/h3-15,24,31-33,39H,1,16-23H2,2H3,(H,35,40). The van der Waals surface area contributed by atoms with Crippen LogP contribution in [0.5, 0.6) is 0 Å². The second-order valence-corrected chi connectivity index (χ2v) is 11.4. The molecule has 0 spiro atoms. The van der Waals surface area contributed by atoms with Gasteiger partial charge in [-0.1, -0.05) is 68.1 Å². The van der Waals surface area contributed by atoms with E-state index in [-0.39, 0.29) is 42.0 Å². The lowest BCUT2D eigenvalue weighted by atomic mass is 9.90.